The zero-order chi connectivity index (χ0) is 17.4. The predicted octanol–water partition coefficient (Wildman–Crippen LogP) is 3.22. The van der Waals surface area contributed by atoms with E-state index in [-0.39, 0.29) is 6.04 Å². The number of nitrogens with zero attached hydrogens (tertiary/aromatic N) is 7. The lowest BCUT2D eigenvalue weighted by Gasteiger charge is -2.08. The molecule has 4 rings (SSSR count). The number of hydrogen-bond acceptors (Lipinski definition) is 5. The molecule has 25 heavy (non-hydrogen) atoms. The van der Waals surface area contributed by atoms with Crippen LogP contribution in [0.3, 0.4) is 0 Å². The van der Waals surface area contributed by atoms with Crippen LogP contribution >= 0.6 is 0 Å². The Labute approximate surface area is 145 Å². The average molecular weight is 333 g/mol. The molecule has 0 aliphatic heterocycles. The molecule has 0 aliphatic carbocycles. The van der Waals surface area contributed by atoms with Crippen molar-refractivity contribution in [1.82, 2.24) is 34.5 Å². The number of aromatic nitrogens is 7. The third kappa shape index (κ3) is 2.57. The zero-order valence-electron chi connectivity index (χ0n) is 14.5. The fraction of sp³-hybridized carbons (Fsp3) is 0.278. The summed E-state index contributed by atoms with van der Waals surface area (Å²) in [5, 5.41) is 10.2. The first-order valence-electron chi connectivity index (χ1n) is 8.39. The van der Waals surface area contributed by atoms with Gasteiger partial charge in [0.1, 0.15) is 0 Å². The summed E-state index contributed by atoms with van der Waals surface area (Å²) < 4.78 is 3.68. The predicted molar refractivity (Wildman–Crippen MR) is 95.4 cm³/mol. The van der Waals surface area contributed by atoms with E-state index in [4.69, 9.17) is 10.1 Å². The SMILES string of the molecule is CCc1nn(C(C)C)c2nc(-c3ccnn3-c3ncccn3)ccc12. The van der Waals surface area contributed by atoms with Crippen LogP contribution in [-0.4, -0.2) is 34.5 Å². The van der Waals surface area contributed by atoms with Crippen molar-refractivity contribution in [1.29, 1.82) is 0 Å². The van der Waals surface area contributed by atoms with E-state index in [0.717, 1.165) is 34.5 Å². The van der Waals surface area contributed by atoms with Gasteiger partial charge >= 0.3 is 0 Å². The third-order valence-electron chi connectivity index (χ3n) is 4.10. The smallest absolute Gasteiger partial charge is 0.244 e. The molecule has 0 fully saturated rings. The summed E-state index contributed by atoms with van der Waals surface area (Å²) >= 11 is 0. The first-order valence-corrected chi connectivity index (χ1v) is 8.39. The van der Waals surface area contributed by atoms with Crippen LogP contribution in [0.15, 0.2) is 42.9 Å². The second-order valence-electron chi connectivity index (χ2n) is 6.08. The fourth-order valence-corrected chi connectivity index (χ4v) is 2.90. The molecule has 0 bridgehead atoms. The molecule has 7 heteroatoms. The lowest BCUT2D eigenvalue weighted by Crippen LogP contribution is -2.06. The van der Waals surface area contributed by atoms with Gasteiger partial charge in [-0.3, -0.25) is 0 Å². The van der Waals surface area contributed by atoms with Gasteiger partial charge in [-0.15, -0.1) is 0 Å². The Hall–Kier alpha value is -3.09. The molecule has 0 radical (unpaired) electrons. The maximum Gasteiger partial charge on any atom is 0.251 e. The maximum atomic E-state index is 4.88. The molecule has 4 aromatic heterocycles. The Balaban J connectivity index is 1.89. The standard InChI is InChI=1S/C18H19N7/c1-4-14-13-6-7-15(22-17(13)24(23-14)12(2)3)16-8-11-21-25(16)18-19-9-5-10-20-18/h5-12H,4H2,1-3H3. The summed E-state index contributed by atoms with van der Waals surface area (Å²) in [7, 11) is 0. The summed E-state index contributed by atoms with van der Waals surface area (Å²) in [6, 6.07) is 8.04. The second kappa shape index (κ2) is 6.08. The van der Waals surface area contributed by atoms with Crippen LogP contribution in [0.1, 0.15) is 32.5 Å². The van der Waals surface area contributed by atoms with E-state index >= 15 is 0 Å². The van der Waals surface area contributed by atoms with Gasteiger partial charge in [0.2, 0.25) is 0 Å². The number of pyridine rings is 1. The van der Waals surface area contributed by atoms with E-state index in [1.54, 1.807) is 29.3 Å². The van der Waals surface area contributed by atoms with Crippen molar-refractivity contribution >= 4 is 11.0 Å². The van der Waals surface area contributed by atoms with E-state index in [0.29, 0.717) is 5.95 Å². The number of aryl methyl sites for hydroxylation is 1. The lowest BCUT2D eigenvalue weighted by atomic mass is 10.2. The van der Waals surface area contributed by atoms with Gasteiger partial charge in [-0.1, -0.05) is 6.92 Å². The summed E-state index contributed by atoms with van der Waals surface area (Å²) in [6.07, 6.45) is 6.01. The molecule has 4 heterocycles. The van der Waals surface area contributed by atoms with Gasteiger partial charge in [0.05, 0.1) is 23.3 Å². The van der Waals surface area contributed by atoms with Crippen LogP contribution in [0.5, 0.6) is 0 Å². The minimum absolute atomic E-state index is 0.243. The number of fused-ring (bicyclic) bond motifs is 1. The van der Waals surface area contributed by atoms with Gasteiger partial charge in [-0.2, -0.15) is 14.9 Å². The van der Waals surface area contributed by atoms with Crippen molar-refractivity contribution in [2.24, 2.45) is 0 Å². The summed E-state index contributed by atoms with van der Waals surface area (Å²) in [5.41, 5.74) is 3.64. The molecule has 0 aliphatic rings. The topological polar surface area (TPSA) is 74.3 Å². The van der Waals surface area contributed by atoms with Crippen molar-refractivity contribution in [2.45, 2.75) is 33.2 Å². The Bertz CT molecular complexity index is 1010. The van der Waals surface area contributed by atoms with E-state index in [1.165, 1.54) is 0 Å². The van der Waals surface area contributed by atoms with Crippen LogP contribution in [0, 0.1) is 0 Å². The van der Waals surface area contributed by atoms with Gasteiger partial charge in [-0.05, 0) is 44.5 Å². The van der Waals surface area contributed by atoms with Crippen LogP contribution in [0.25, 0.3) is 28.4 Å². The van der Waals surface area contributed by atoms with Crippen LogP contribution < -0.4 is 0 Å². The highest BCUT2D eigenvalue weighted by atomic mass is 15.4. The molecule has 0 saturated carbocycles. The van der Waals surface area contributed by atoms with E-state index in [2.05, 4.69) is 41.9 Å². The molecular formula is C18H19N7. The fourth-order valence-electron chi connectivity index (χ4n) is 2.90. The average Bonchev–Trinajstić information content (AvgIpc) is 3.26. The maximum absolute atomic E-state index is 4.88. The summed E-state index contributed by atoms with van der Waals surface area (Å²) in [4.78, 5) is 13.4. The van der Waals surface area contributed by atoms with E-state index < -0.39 is 0 Å². The van der Waals surface area contributed by atoms with Crippen molar-refractivity contribution in [3.05, 3.63) is 48.5 Å². The van der Waals surface area contributed by atoms with Crippen molar-refractivity contribution in [3.8, 4) is 17.3 Å². The molecule has 4 aromatic rings. The Morgan fingerprint density at radius 3 is 2.56 bits per heavy atom. The normalized spacial score (nSPS) is 11.5. The quantitative estimate of drug-likeness (QED) is 0.573. The highest BCUT2D eigenvalue weighted by Gasteiger charge is 2.16. The van der Waals surface area contributed by atoms with Crippen molar-refractivity contribution in [3.63, 3.8) is 0 Å². The van der Waals surface area contributed by atoms with Gasteiger partial charge in [0.15, 0.2) is 5.65 Å². The highest BCUT2D eigenvalue weighted by molar-refractivity contribution is 5.81. The second-order valence-corrected chi connectivity index (χ2v) is 6.08. The zero-order valence-corrected chi connectivity index (χ0v) is 14.5. The molecule has 0 amide bonds. The number of rotatable bonds is 4. The van der Waals surface area contributed by atoms with E-state index in [1.807, 2.05) is 16.8 Å². The summed E-state index contributed by atoms with van der Waals surface area (Å²) in [5.74, 6) is 0.524. The molecule has 0 aromatic carbocycles. The molecule has 0 saturated heterocycles. The largest absolute Gasteiger partial charge is 0.251 e. The van der Waals surface area contributed by atoms with E-state index in [9.17, 15) is 0 Å². The van der Waals surface area contributed by atoms with Crippen molar-refractivity contribution < 1.29 is 0 Å². The minimum Gasteiger partial charge on any atom is -0.244 e. The van der Waals surface area contributed by atoms with Crippen LogP contribution in [0.2, 0.25) is 0 Å². The first kappa shape index (κ1) is 15.4. The monoisotopic (exact) mass is 333 g/mol. The molecule has 0 atom stereocenters. The van der Waals surface area contributed by atoms with Crippen molar-refractivity contribution in [2.75, 3.05) is 0 Å². The number of hydrogen-bond donors (Lipinski definition) is 0. The molecular weight excluding hydrogens is 314 g/mol. The molecule has 0 N–H and O–H groups in total. The first-order chi connectivity index (χ1) is 12.2. The Morgan fingerprint density at radius 1 is 1.04 bits per heavy atom. The van der Waals surface area contributed by atoms with Gasteiger partial charge in [0, 0.05) is 23.8 Å². The summed E-state index contributed by atoms with van der Waals surface area (Å²) in [6.45, 7) is 6.34. The third-order valence-corrected chi connectivity index (χ3v) is 4.10. The van der Waals surface area contributed by atoms with Gasteiger partial charge in [0.25, 0.3) is 5.95 Å². The molecule has 7 nitrogen and oxygen atoms in total. The molecule has 126 valence electrons. The molecule has 0 unspecified atom stereocenters. The van der Waals surface area contributed by atoms with Gasteiger partial charge < -0.3 is 0 Å². The van der Waals surface area contributed by atoms with Gasteiger partial charge in [-0.25, -0.2) is 19.6 Å². The highest BCUT2D eigenvalue weighted by Crippen LogP contribution is 2.26. The van der Waals surface area contributed by atoms with Crippen LogP contribution in [0.4, 0.5) is 0 Å². The minimum atomic E-state index is 0.243. The van der Waals surface area contributed by atoms with Crippen LogP contribution in [-0.2, 0) is 6.42 Å². The Morgan fingerprint density at radius 2 is 1.84 bits per heavy atom. The Kier molecular flexibility index (Phi) is 3.76. The molecule has 0 spiro atoms. The lowest BCUT2D eigenvalue weighted by molar-refractivity contribution is 0.540.